The van der Waals surface area contributed by atoms with Gasteiger partial charge in [-0.2, -0.15) is 0 Å². The minimum atomic E-state index is -0.121. The maximum absolute atomic E-state index is 13.3. The van der Waals surface area contributed by atoms with Gasteiger partial charge in [-0.3, -0.25) is 0 Å². The molecule has 2 rings (SSSR count). The van der Waals surface area contributed by atoms with Crippen LogP contribution in [0.25, 0.3) is 0 Å². The van der Waals surface area contributed by atoms with Gasteiger partial charge in [0.05, 0.1) is 0 Å². The summed E-state index contributed by atoms with van der Waals surface area (Å²) in [6.45, 7) is 8.91. The predicted octanol–water partition coefficient (Wildman–Crippen LogP) is 5.54. The molecule has 0 unspecified atom stereocenters. The number of halogens is 1. The number of aryl methyl sites for hydroxylation is 1. The summed E-state index contributed by atoms with van der Waals surface area (Å²) in [6, 6.07) is 5.87. The molecule has 20 heavy (non-hydrogen) atoms. The molecule has 0 heterocycles. The molecular formula is C18H28FN. The fraction of sp³-hybridized carbons (Fsp3) is 0.667. The van der Waals surface area contributed by atoms with Gasteiger partial charge in [0.2, 0.25) is 0 Å². The molecule has 1 saturated carbocycles. The van der Waals surface area contributed by atoms with Gasteiger partial charge in [0.15, 0.2) is 0 Å². The van der Waals surface area contributed by atoms with Crippen molar-refractivity contribution in [2.75, 3.05) is 5.32 Å². The van der Waals surface area contributed by atoms with E-state index in [9.17, 15) is 4.39 Å². The van der Waals surface area contributed by atoms with E-state index in [0.717, 1.165) is 17.2 Å². The molecular weight excluding hydrogens is 249 g/mol. The minimum Gasteiger partial charge on any atom is -0.382 e. The molecule has 0 saturated heterocycles. The lowest BCUT2D eigenvalue weighted by molar-refractivity contribution is 0.147. The third kappa shape index (κ3) is 3.53. The number of rotatable bonds is 4. The number of nitrogens with one attached hydrogen (secondary N) is 1. The van der Waals surface area contributed by atoms with E-state index < -0.39 is 0 Å². The standard InChI is InChI=1S/C18H28FN/c1-5-18(3,4)14-6-8-15(9-7-14)20-16-10-11-17(19)13(2)12-16/h10-12,14-15,20H,5-9H2,1-4H3. The lowest BCUT2D eigenvalue weighted by Gasteiger charge is -2.39. The lowest BCUT2D eigenvalue weighted by atomic mass is 9.69. The molecule has 0 radical (unpaired) electrons. The van der Waals surface area contributed by atoms with Gasteiger partial charge >= 0.3 is 0 Å². The highest BCUT2D eigenvalue weighted by atomic mass is 19.1. The van der Waals surface area contributed by atoms with Gasteiger partial charge in [-0.25, -0.2) is 4.39 Å². The van der Waals surface area contributed by atoms with Crippen molar-refractivity contribution < 1.29 is 4.39 Å². The second kappa shape index (κ2) is 6.15. The zero-order valence-electron chi connectivity index (χ0n) is 13.3. The molecule has 1 aliphatic carbocycles. The van der Waals surface area contributed by atoms with Crippen LogP contribution in [0.4, 0.5) is 10.1 Å². The van der Waals surface area contributed by atoms with Crippen molar-refractivity contribution in [3.63, 3.8) is 0 Å². The number of anilines is 1. The normalized spacial score (nSPS) is 23.6. The molecule has 0 amide bonds. The van der Waals surface area contributed by atoms with Crippen LogP contribution in [0, 0.1) is 24.1 Å². The minimum absolute atomic E-state index is 0.121. The summed E-state index contributed by atoms with van der Waals surface area (Å²) in [7, 11) is 0. The van der Waals surface area contributed by atoms with Crippen molar-refractivity contribution in [3.05, 3.63) is 29.6 Å². The van der Waals surface area contributed by atoms with Crippen molar-refractivity contribution in [2.24, 2.45) is 11.3 Å². The van der Waals surface area contributed by atoms with E-state index >= 15 is 0 Å². The van der Waals surface area contributed by atoms with E-state index in [2.05, 4.69) is 26.1 Å². The largest absolute Gasteiger partial charge is 0.382 e. The fourth-order valence-electron chi connectivity index (χ4n) is 3.28. The number of hydrogen-bond donors (Lipinski definition) is 1. The molecule has 1 nitrogen and oxygen atoms in total. The van der Waals surface area contributed by atoms with E-state index in [1.54, 1.807) is 6.07 Å². The highest BCUT2D eigenvalue weighted by Gasteiger charge is 2.31. The fourth-order valence-corrected chi connectivity index (χ4v) is 3.28. The molecule has 1 aliphatic rings. The van der Waals surface area contributed by atoms with Crippen molar-refractivity contribution in [1.82, 2.24) is 0 Å². The maximum atomic E-state index is 13.3. The number of benzene rings is 1. The van der Waals surface area contributed by atoms with E-state index in [1.165, 1.54) is 32.1 Å². The van der Waals surface area contributed by atoms with Crippen molar-refractivity contribution in [3.8, 4) is 0 Å². The first kappa shape index (κ1) is 15.3. The van der Waals surface area contributed by atoms with Crippen LogP contribution in [0.5, 0.6) is 0 Å². The van der Waals surface area contributed by atoms with E-state index in [1.807, 2.05) is 19.1 Å². The Hall–Kier alpha value is -1.05. The Bertz CT molecular complexity index is 445. The Morgan fingerprint density at radius 1 is 1.20 bits per heavy atom. The van der Waals surface area contributed by atoms with Crippen LogP contribution in [0.1, 0.15) is 58.4 Å². The molecule has 0 bridgehead atoms. The van der Waals surface area contributed by atoms with Crippen LogP contribution in [0.2, 0.25) is 0 Å². The molecule has 1 aromatic rings. The van der Waals surface area contributed by atoms with Crippen LogP contribution in [0.3, 0.4) is 0 Å². The summed E-state index contributed by atoms with van der Waals surface area (Å²) >= 11 is 0. The summed E-state index contributed by atoms with van der Waals surface area (Å²) in [5.74, 6) is 0.726. The first-order valence-electron chi connectivity index (χ1n) is 7.95. The second-order valence-electron chi connectivity index (χ2n) is 7.00. The van der Waals surface area contributed by atoms with Gasteiger partial charge in [0, 0.05) is 11.7 Å². The van der Waals surface area contributed by atoms with Gasteiger partial charge in [0.25, 0.3) is 0 Å². The molecule has 1 aromatic carbocycles. The average Bonchev–Trinajstić information content (AvgIpc) is 2.43. The highest BCUT2D eigenvalue weighted by Crippen LogP contribution is 2.40. The third-order valence-electron chi connectivity index (χ3n) is 5.27. The predicted molar refractivity (Wildman–Crippen MR) is 84.6 cm³/mol. The van der Waals surface area contributed by atoms with E-state index in [-0.39, 0.29) is 5.82 Å². The second-order valence-corrected chi connectivity index (χ2v) is 7.00. The van der Waals surface area contributed by atoms with Gasteiger partial charge in [-0.1, -0.05) is 27.2 Å². The van der Waals surface area contributed by atoms with Crippen molar-refractivity contribution in [2.45, 2.75) is 65.8 Å². The van der Waals surface area contributed by atoms with Crippen molar-refractivity contribution in [1.29, 1.82) is 0 Å². The first-order valence-corrected chi connectivity index (χ1v) is 7.95. The van der Waals surface area contributed by atoms with Crippen molar-refractivity contribution >= 4 is 5.69 Å². The summed E-state index contributed by atoms with van der Waals surface area (Å²) in [5.41, 5.74) is 2.25. The Balaban J connectivity index is 1.90. The quantitative estimate of drug-likeness (QED) is 0.761. The third-order valence-corrected chi connectivity index (χ3v) is 5.27. The molecule has 112 valence electrons. The summed E-state index contributed by atoms with van der Waals surface area (Å²) in [5, 5.41) is 3.57. The average molecular weight is 277 g/mol. The summed E-state index contributed by atoms with van der Waals surface area (Å²) in [4.78, 5) is 0. The van der Waals surface area contributed by atoms with Crippen LogP contribution >= 0.6 is 0 Å². The molecule has 0 aromatic heterocycles. The zero-order chi connectivity index (χ0) is 14.8. The monoisotopic (exact) mass is 277 g/mol. The molecule has 0 aliphatic heterocycles. The summed E-state index contributed by atoms with van der Waals surface area (Å²) < 4.78 is 13.3. The SMILES string of the molecule is CCC(C)(C)C1CCC(Nc2ccc(F)c(C)c2)CC1. The van der Waals surface area contributed by atoms with E-state index in [0.29, 0.717) is 11.5 Å². The van der Waals surface area contributed by atoms with Crippen LogP contribution < -0.4 is 5.32 Å². The molecule has 1 N–H and O–H groups in total. The smallest absolute Gasteiger partial charge is 0.126 e. The number of hydrogen-bond acceptors (Lipinski definition) is 1. The highest BCUT2D eigenvalue weighted by molar-refractivity contribution is 5.46. The van der Waals surface area contributed by atoms with E-state index in [4.69, 9.17) is 0 Å². The zero-order valence-corrected chi connectivity index (χ0v) is 13.3. The maximum Gasteiger partial charge on any atom is 0.126 e. The van der Waals surface area contributed by atoms with Gasteiger partial charge < -0.3 is 5.32 Å². The molecule has 2 heteroatoms. The summed E-state index contributed by atoms with van der Waals surface area (Å²) in [6.07, 6.45) is 6.32. The Labute approximate surface area is 123 Å². The molecule has 0 atom stereocenters. The topological polar surface area (TPSA) is 12.0 Å². The van der Waals surface area contributed by atoms with Crippen LogP contribution in [-0.4, -0.2) is 6.04 Å². The van der Waals surface area contributed by atoms with Gasteiger partial charge in [-0.05, 0) is 67.7 Å². The lowest BCUT2D eigenvalue weighted by Crippen LogP contribution is -2.32. The Morgan fingerprint density at radius 3 is 2.40 bits per heavy atom. The van der Waals surface area contributed by atoms with Gasteiger partial charge in [0.1, 0.15) is 5.82 Å². The first-order chi connectivity index (χ1) is 9.42. The van der Waals surface area contributed by atoms with Gasteiger partial charge in [-0.15, -0.1) is 0 Å². The van der Waals surface area contributed by atoms with Crippen LogP contribution in [0.15, 0.2) is 18.2 Å². The van der Waals surface area contributed by atoms with Crippen LogP contribution in [-0.2, 0) is 0 Å². The molecule has 0 spiro atoms. The Morgan fingerprint density at radius 2 is 1.85 bits per heavy atom. The Kier molecular flexibility index (Phi) is 4.72. The molecule has 1 fully saturated rings.